The van der Waals surface area contributed by atoms with Crippen molar-refractivity contribution in [2.24, 2.45) is 5.41 Å². The summed E-state index contributed by atoms with van der Waals surface area (Å²) in [5.74, 6) is -0.637. The van der Waals surface area contributed by atoms with Crippen LogP contribution in [0.3, 0.4) is 0 Å². The molecule has 0 heterocycles. The van der Waals surface area contributed by atoms with Crippen LogP contribution in [0.5, 0.6) is 0 Å². The van der Waals surface area contributed by atoms with E-state index in [9.17, 15) is 13.2 Å². The average molecular weight is 261 g/mol. The molecule has 0 aliphatic carbocycles. The Labute approximate surface area is 134 Å². The maximum absolute atomic E-state index is 10.9. The summed E-state index contributed by atoms with van der Waals surface area (Å²) in [5.41, 5.74) is -0.785. The minimum atomic E-state index is -4.31. The smallest absolute Gasteiger partial charge is 1.00 e. The fourth-order valence-electron chi connectivity index (χ4n) is 0.926. The second-order valence-corrected chi connectivity index (χ2v) is 5.48. The van der Waals surface area contributed by atoms with Crippen molar-refractivity contribution in [2.45, 2.75) is 26.1 Å². The molecule has 1 unspecified atom stereocenters. The molecule has 5 nitrogen and oxygen atoms in total. The summed E-state index contributed by atoms with van der Waals surface area (Å²) in [5, 5.41) is 0.819. The van der Waals surface area contributed by atoms with Crippen LogP contribution in [-0.4, -0.2) is 24.3 Å². The van der Waals surface area contributed by atoms with Gasteiger partial charge in [-0.2, -0.15) is 8.42 Å². The van der Waals surface area contributed by atoms with Crippen molar-refractivity contribution in [3.63, 3.8) is 0 Å². The van der Waals surface area contributed by atoms with E-state index in [-0.39, 0.29) is 52.8 Å². The molecular weight excluding hydrogens is 245 g/mol. The number of hydrogen-bond donors (Lipinski definition) is 2. The Bertz CT molecular complexity index is 336. The molecule has 0 aromatic carbocycles. The summed E-state index contributed by atoms with van der Waals surface area (Å²) < 4.78 is 30.8. The monoisotopic (exact) mass is 261 g/mol. The van der Waals surface area contributed by atoms with Crippen LogP contribution in [0.25, 0.3) is 0 Å². The van der Waals surface area contributed by atoms with Gasteiger partial charge in [-0.1, -0.05) is 27.4 Å². The van der Waals surface area contributed by atoms with Gasteiger partial charge in [0.2, 0.25) is 5.91 Å². The largest absolute Gasteiger partial charge is 1.00 e. The van der Waals surface area contributed by atoms with Gasteiger partial charge in [-0.25, -0.2) is 0 Å². The van der Waals surface area contributed by atoms with Crippen molar-refractivity contribution in [3.05, 3.63) is 12.7 Å². The van der Waals surface area contributed by atoms with E-state index in [0.29, 0.717) is 0 Å². The molecule has 84 valence electrons. The molecule has 0 spiro atoms. The first-order chi connectivity index (χ1) is 6.09. The van der Waals surface area contributed by atoms with E-state index in [1.165, 1.54) is 0 Å². The number of nitrogens with one attached hydrogen (secondary N) is 1. The van der Waals surface area contributed by atoms with Gasteiger partial charge in [0.15, 0.2) is 5.37 Å². The molecule has 0 rings (SSSR count). The third-order valence-corrected chi connectivity index (χ3v) is 2.96. The van der Waals surface area contributed by atoms with Crippen LogP contribution in [-0.2, 0) is 14.9 Å². The maximum atomic E-state index is 10.9. The van der Waals surface area contributed by atoms with Gasteiger partial charge < -0.3 is 6.74 Å². The Hall–Kier alpha value is 0.756. The molecule has 0 aromatic heterocycles. The minimum absolute atomic E-state index is 0. The summed E-state index contributed by atoms with van der Waals surface area (Å²) in [6.07, 6.45) is 0.948. The Morgan fingerprint density at radius 3 is 2.13 bits per heavy atom. The third kappa shape index (κ3) is 6.83. The molecule has 0 fully saturated rings. The molecule has 0 bridgehead atoms. The van der Waals surface area contributed by atoms with Gasteiger partial charge in [0.1, 0.15) is 0 Å². The van der Waals surface area contributed by atoms with E-state index in [0.717, 1.165) is 6.08 Å². The first kappa shape index (κ1) is 18.1. The first-order valence-corrected chi connectivity index (χ1v) is 5.48. The van der Waals surface area contributed by atoms with E-state index >= 15 is 0 Å². The van der Waals surface area contributed by atoms with E-state index in [2.05, 4.69) is 11.9 Å². The second-order valence-electron chi connectivity index (χ2n) is 3.97. The molecule has 0 saturated carbocycles. The minimum Gasteiger partial charge on any atom is -1.00 e. The number of amides is 1. The molecule has 0 radical (unpaired) electrons. The SMILES string of the molecule is C=CC(=O)NC(C(C)(C)C)S(=O)(=O)O.[H-].[K+]. The summed E-state index contributed by atoms with van der Waals surface area (Å²) in [6, 6.07) is 0. The number of rotatable bonds is 3. The van der Waals surface area contributed by atoms with Crippen molar-refractivity contribution in [1.29, 1.82) is 0 Å². The summed E-state index contributed by atoms with van der Waals surface area (Å²) in [4.78, 5) is 10.9. The van der Waals surface area contributed by atoms with Crippen molar-refractivity contribution >= 4 is 16.0 Å². The predicted molar refractivity (Wildman–Crippen MR) is 54.2 cm³/mol. The summed E-state index contributed by atoms with van der Waals surface area (Å²) in [7, 11) is -4.31. The van der Waals surface area contributed by atoms with Crippen molar-refractivity contribution in [2.75, 3.05) is 0 Å². The zero-order valence-corrected chi connectivity index (χ0v) is 13.4. The van der Waals surface area contributed by atoms with Crippen LogP contribution in [0, 0.1) is 5.41 Å². The van der Waals surface area contributed by atoms with Crippen LogP contribution in [0.2, 0.25) is 0 Å². The number of hydrogen-bond acceptors (Lipinski definition) is 3. The van der Waals surface area contributed by atoms with E-state index in [4.69, 9.17) is 4.55 Å². The van der Waals surface area contributed by atoms with E-state index in [1.807, 2.05) is 0 Å². The first-order valence-electron chi connectivity index (χ1n) is 3.98. The normalized spacial score (nSPS) is 13.6. The quantitative estimate of drug-likeness (QED) is 0.339. The van der Waals surface area contributed by atoms with Gasteiger partial charge in [0.05, 0.1) is 0 Å². The molecule has 0 aliphatic heterocycles. The van der Waals surface area contributed by atoms with Gasteiger partial charge in [0.25, 0.3) is 10.1 Å². The zero-order chi connectivity index (χ0) is 11.6. The fourth-order valence-corrected chi connectivity index (χ4v) is 2.08. The van der Waals surface area contributed by atoms with Gasteiger partial charge in [-0.15, -0.1) is 0 Å². The van der Waals surface area contributed by atoms with Crippen LogP contribution >= 0.6 is 0 Å². The second kappa shape index (κ2) is 6.48. The standard InChI is InChI=1S/C8H15NO4S.K.H/c1-5-6(10)9-7(8(2,3)4)14(11,12)13;;/h5,7H,1H2,2-4H3,(H,9,10)(H,11,12,13);;/q;+1;-1. The zero-order valence-electron chi connectivity index (χ0n) is 10.4. The van der Waals surface area contributed by atoms with Gasteiger partial charge >= 0.3 is 51.4 Å². The summed E-state index contributed by atoms with van der Waals surface area (Å²) >= 11 is 0. The van der Waals surface area contributed by atoms with Crippen LogP contribution in [0.1, 0.15) is 22.2 Å². The Morgan fingerprint density at radius 2 is 1.93 bits per heavy atom. The third-order valence-electron chi connectivity index (χ3n) is 1.54. The van der Waals surface area contributed by atoms with E-state index in [1.54, 1.807) is 20.8 Å². The Kier molecular flexibility index (Phi) is 7.83. The van der Waals surface area contributed by atoms with Crippen LogP contribution < -0.4 is 56.7 Å². The van der Waals surface area contributed by atoms with Crippen molar-refractivity contribution in [3.8, 4) is 0 Å². The number of carbonyl (C=O) groups excluding carboxylic acids is 1. The molecule has 0 aliphatic rings. The molecule has 0 aromatic rings. The molecule has 7 heteroatoms. The number of carbonyl (C=O) groups is 1. The van der Waals surface area contributed by atoms with Crippen LogP contribution in [0.4, 0.5) is 0 Å². The molecule has 1 atom stereocenters. The van der Waals surface area contributed by atoms with Crippen molar-refractivity contribution in [1.82, 2.24) is 5.32 Å². The average Bonchev–Trinajstić information content (AvgIpc) is 1.95. The van der Waals surface area contributed by atoms with E-state index < -0.39 is 26.8 Å². The maximum Gasteiger partial charge on any atom is 1.00 e. The molecule has 1 amide bonds. The molecule has 0 saturated heterocycles. The topological polar surface area (TPSA) is 83.5 Å². The fraction of sp³-hybridized carbons (Fsp3) is 0.625. The summed E-state index contributed by atoms with van der Waals surface area (Å²) in [6.45, 7) is 7.97. The van der Waals surface area contributed by atoms with Gasteiger partial charge in [0, 0.05) is 0 Å². The van der Waals surface area contributed by atoms with Crippen LogP contribution in [0.15, 0.2) is 12.7 Å². The molecule has 15 heavy (non-hydrogen) atoms. The Morgan fingerprint density at radius 1 is 1.53 bits per heavy atom. The van der Waals surface area contributed by atoms with Crippen molar-refractivity contribution < 1.29 is 70.6 Å². The molecule has 2 N–H and O–H groups in total. The van der Waals surface area contributed by atoms with Gasteiger partial charge in [-0.3, -0.25) is 9.35 Å². The Balaban J connectivity index is -0.000000845. The van der Waals surface area contributed by atoms with Gasteiger partial charge in [-0.05, 0) is 11.5 Å². The molecular formula is C8H16KNO4S. The predicted octanol–water partition coefficient (Wildman–Crippen LogP) is -2.33.